The minimum Gasteiger partial charge on any atom is -0.414 e. The summed E-state index contributed by atoms with van der Waals surface area (Å²) in [7, 11) is -1.71. The van der Waals surface area contributed by atoms with Gasteiger partial charge in [0.05, 0.1) is 6.61 Å². The Hall–Kier alpha value is 0.347. The topological polar surface area (TPSA) is 29.5 Å². The highest BCUT2D eigenvalue weighted by atomic mass is 127. The van der Waals surface area contributed by atoms with Gasteiger partial charge in [0.15, 0.2) is 8.32 Å². The third kappa shape index (κ3) is 7.63. The third-order valence-corrected chi connectivity index (χ3v) is 9.23. The molecule has 0 fully saturated rings. The second kappa shape index (κ2) is 8.59. The molecule has 0 radical (unpaired) electrons. The molecule has 0 aliphatic rings. The van der Waals surface area contributed by atoms with Crippen molar-refractivity contribution in [1.29, 1.82) is 0 Å². The Morgan fingerprint density at radius 1 is 1.42 bits per heavy atom. The predicted molar refractivity (Wildman–Crippen MR) is 95.3 cm³/mol. The van der Waals surface area contributed by atoms with Gasteiger partial charge >= 0.3 is 0 Å². The van der Waals surface area contributed by atoms with E-state index < -0.39 is 8.32 Å². The first-order valence-electron chi connectivity index (χ1n) is 6.88. The van der Waals surface area contributed by atoms with Gasteiger partial charge in [-0.25, -0.2) is 0 Å². The molecule has 0 saturated heterocycles. The highest BCUT2D eigenvalue weighted by Crippen LogP contribution is 2.38. The lowest BCUT2D eigenvalue weighted by Crippen LogP contribution is -2.43. The second-order valence-corrected chi connectivity index (χ2v) is 12.5. The van der Waals surface area contributed by atoms with Crippen LogP contribution >= 0.6 is 22.6 Å². The fourth-order valence-electron chi connectivity index (χ4n) is 1.50. The summed E-state index contributed by atoms with van der Waals surface area (Å²) < 4.78 is 7.65. The van der Waals surface area contributed by atoms with Crippen LogP contribution in [0.4, 0.5) is 0 Å². The van der Waals surface area contributed by atoms with Crippen LogP contribution in [0, 0.1) is 0 Å². The molecule has 0 saturated carbocycles. The zero-order valence-corrected chi connectivity index (χ0v) is 16.2. The average molecular weight is 396 g/mol. The van der Waals surface area contributed by atoms with E-state index in [4.69, 9.17) is 9.53 Å². The van der Waals surface area contributed by atoms with E-state index >= 15 is 0 Å². The molecule has 0 bridgehead atoms. The van der Waals surface area contributed by atoms with E-state index in [9.17, 15) is 0 Å². The molecule has 0 aliphatic carbocycles. The van der Waals surface area contributed by atoms with E-state index in [0.29, 0.717) is 0 Å². The van der Waals surface area contributed by atoms with Crippen LogP contribution in [0.2, 0.25) is 18.1 Å². The number of aliphatic hydroxyl groups is 1. The molecule has 1 atom stereocenters. The lowest BCUT2D eigenvalue weighted by atomic mass is 10.1. The van der Waals surface area contributed by atoms with E-state index in [-0.39, 0.29) is 17.7 Å². The van der Waals surface area contributed by atoms with Crippen molar-refractivity contribution in [3.8, 4) is 0 Å². The molecule has 0 aromatic heterocycles. The quantitative estimate of drug-likeness (QED) is 0.354. The first-order chi connectivity index (χ1) is 8.64. The fraction of sp³-hybridized carbons (Fsp3) is 0.733. The first-order valence-corrected chi connectivity index (χ1v) is 10.9. The predicted octanol–water partition coefficient (Wildman–Crippen LogP) is 5.04. The van der Waals surface area contributed by atoms with Crippen molar-refractivity contribution in [1.82, 2.24) is 0 Å². The van der Waals surface area contributed by atoms with Gasteiger partial charge in [-0.05, 0) is 69.6 Å². The Morgan fingerprint density at radius 3 is 2.42 bits per heavy atom. The van der Waals surface area contributed by atoms with Crippen LogP contribution in [0.1, 0.15) is 40.0 Å². The van der Waals surface area contributed by atoms with E-state index in [0.717, 1.165) is 19.3 Å². The third-order valence-electron chi connectivity index (χ3n) is 3.71. The maximum Gasteiger partial charge on any atom is 0.192 e. The summed E-state index contributed by atoms with van der Waals surface area (Å²) in [5.41, 5.74) is 0. The Kier molecular flexibility index (Phi) is 8.75. The van der Waals surface area contributed by atoms with Crippen LogP contribution in [-0.4, -0.2) is 26.1 Å². The first kappa shape index (κ1) is 19.3. The summed E-state index contributed by atoms with van der Waals surface area (Å²) in [4.78, 5) is 0. The zero-order chi connectivity index (χ0) is 15.1. The standard InChI is InChI=1S/C15H29IO2Si/c1-7-8-14(10-9-13(16)11-12-17)18-19(5,6)15(2,3)4/h7,11,14,17H,1,8-10,12H2,2-6H3/b13-11-/t14-/m0/s1. The van der Waals surface area contributed by atoms with Crippen LogP contribution in [-0.2, 0) is 4.43 Å². The number of hydrogen-bond donors (Lipinski definition) is 1. The van der Waals surface area contributed by atoms with Crippen LogP contribution in [0.5, 0.6) is 0 Å². The van der Waals surface area contributed by atoms with Crippen molar-refractivity contribution in [2.24, 2.45) is 0 Å². The summed E-state index contributed by atoms with van der Waals surface area (Å²) in [6, 6.07) is 0. The van der Waals surface area contributed by atoms with E-state index in [2.05, 4.69) is 63.0 Å². The largest absolute Gasteiger partial charge is 0.414 e. The van der Waals surface area contributed by atoms with Crippen molar-refractivity contribution >= 4 is 30.9 Å². The van der Waals surface area contributed by atoms with E-state index in [1.807, 2.05) is 12.2 Å². The van der Waals surface area contributed by atoms with Crippen molar-refractivity contribution < 1.29 is 9.53 Å². The normalized spacial score (nSPS) is 15.4. The van der Waals surface area contributed by atoms with Crippen molar-refractivity contribution in [3.05, 3.63) is 22.3 Å². The molecule has 0 aromatic rings. The van der Waals surface area contributed by atoms with Gasteiger partial charge in [-0.15, -0.1) is 6.58 Å². The molecule has 0 rings (SSSR count). The lowest BCUT2D eigenvalue weighted by Gasteiger charge is -2.39. The molecule has 0 unspecified atom stereocenters. The van der Waals surface area contributed by atoms with Crippen LogP contribution in [0.3, 0.4) is 0 Å². The molecule has 4 heteroatoms. The summed E-state index contributed by atoms with van der Waals surface area (Å²) in [6.07, 6.45) is 6.91. The maximum atomic E-state index is 8.88. The van der Waals surface area contributed by atoms with Crippen LogP contribution in [0.15, 0.2) is 22.3 Å². The average Bonchev–Trinajstić information content (AvgIpc) is 2.24. The van der Waals surface area contributed by atoms with Gasteiger partial charge in [0.1, 0.15) is 0 Å². The van der Waals surface area contributed by atoms with Gasteiger partial charge in [-0.1, -0.05) is 26.8 Å². The van der Waals surface area contributed by atoms with Gasteiger partial charge in [0, 0.05) is 6.10 Å². The Labute approximate surface area is 133 Å². The maximum absolute atomic E-state index is 8.88. The highest BCUT2D eigenvalue weighted by molar-refractivity contribution is 14.1. The minimum absolute atomic E-state index is 0.119. The van der Waals surface area contributed by atoms with Crippen molar-refractivity contribution in [2.75, 3.05) is 6.61 Å². The van der Waals surface area contributed by atoms with Crippen LogP contribution in [0.25, 0.3) is 0 Å². The summed E-state index contributed by atoms with van der Waals surface area (Å²) in [6.45, 7) is 15.3. The molecular formula is C15H29IO2Si. The molecule has 19 heavy (non-hydrogen) atoms. The van der Waals surface area contributed by atoms with Crippen molar-refractivity contribution in [3.63, 3.8) is 0 Å². The number of rotatable bonds is 8. The summed E-state index contributed by atoms with van der Waals surface area (Å²) in [5.74, 6) is 0. The molecule has 0 aliphatic heterocycles. The Morgan fingerprint density at radius 2 is 2.00 bits per heavy atom. The Balaban J connectivity index is 4.58. The van der Waals surface area contributed by atoms with Crippen molar-refractivity contribution in [2.45, 2.75) is 64.3 Å². The Bertz CT molecular complexity index is 306. The van der Waals surface area contributed by atoms with E-state index in [1.165, 1.54) is 3.58 Å². The van der Waals surface area contributed by atoms with Crippen LogP contribution < -0.4 is 0 Å². The molecule has 0 amide bonds. The molecule has 2 nitrogen and oxygen atoms in total. The fourth-order valence-corrected chi connectivity index (χ4v) is 3.41. The molecule has 0 aromatic carbocycles. The number of halogens is 1. The van der Waals surface area contributed by atoms with Gasteiger partial charge in [0.25, 0.3) is 0 Å². The lowest BCUT2D eigenvalue weighted by molar-refractivity contribution is 0.174. The highest BCUT2D eigenvalue weighted by Gasteiger charge is 2.38. The number of allylic oxidation sites excluding steroid dienone is 1. The van der Waals surface area contributed by atoms with Gasteiger partial charge < -0.3 is 9.53 Å². The molecule has 0 heterocycles. The summed E-state index contributed by atoms with van der Waals surface area (Å²) >= 11 is 2.29. The summed E-state index contributed by atoms with van der Waals surface area (Å²) in [5, 5.41) is 9.11. The molecule has 0 spiro atoms. The molecule has 1 N–H and O–H groups in total. The number of aliphatic hydroxyl groups excluding tert-OH is 1. The monoisotopic (exact) mass is 396 g/mol. The SMILES string of the molecule is C=CC[C@@H](CC/C(I)=C/CO)O[Si](C)(C)C(C)(C)C. The second-order valence-electron chi connectivity index (χ2n) is 6.40. The molecular weight excluding hydrogens is 367 g/mol. The molecule has 112 valence electrons. The van der Waals surface area contributed by atoms with Gasteiger partial charge in [0.2, 0.25) is 0 Å². The number of hydrogen-bond acceptors (Lipinski definition) is 2. The zero-order valence-electron chi connectivity index (χ0n) is 13.0. The smallest absolute Gasteiger partial charge is 0.192 e. The minimum atomic E-state index is -1.71. The van der Waals surface area contributed by atoms with Gasteiger partial charge in [-0.3, -0.25) is 0 Å². The van der Waals surface area contributed by atoms with E-state index in [1.54, 1.807) is 0 Å². The van der Waals surface area contributed by atoms with Gasteiger partial charge in [-0.2, -0.15) is 0 Å².